The third-order valence-corrected chi connectivity index (χ3v) is 4.88. The van der Waals surface area contributed by atoms with E-state index in [9.17, 15) is 8.78 Å². The van der Waals surface area contributed by atoms with Crippen molar-refractivity contribution in [2.75, 3.05) is 13.2 Å². The monoisotopic (exact) mass is 373 g/mol. The van der Waals surface area contributed by atoms with E-state index in [2.05, 4.69) is 10.2 Å². The van der Waals surface area contributed by atoms with Crippen molar-refractivity contribution in [3.05, 3.63) is 58.9 Å². The van der Waals surface area contributed by atoms with Crippen LogP contribution in [0.15, 0.2) is 24.4 Å². The van der Waals surface area contributed by atoms with Crippen molar-refractivity contribution in [2.24, 2.45) is 7.05 Å². The smallest absolute Gasteiger partial charge is 0.154 e. The first-order chi connectivity index (χ1) is 13.0. The Kier molecular flexibility index (Phi) is 4.73. The molecule has 2 aromatic heterocycles. The first-order valence-electron chi connectivity index (χ1n) is 8.99. The minimum absolute atomic E-state index is 0.178. The van der Waals surface area contributed by atoms with Gasteiger partial charge in [-0.25, -0.2) is 18.4 Å². The summed E-state index contributed by atoms with van der Waals surface area (Å²) in [6.45, 7) is 3.26. The predicted molar refractivity (Wildman–Crippen MR) is 94.8 cm³/mol. The number of rotatable bonds is 4. The lowest BCUT2D eigenvalue weighted by molar-refractivity contribution is 0.0836. The highest BCUT2D eigenvalue weighted by molar-refractivity contribution is 5.35. The van der Waals surface area contributed by atoms with E-state index in [4.69, 9.17) is 9.72 Å². The van der Waals surface area contributed by atoms with Gasteiger partial charge in [0.1, 0.15) is 17.3 Å². The second kappa shape index (κ2) is 7.19. The molecule has 3 heterocycles. The van der Waals surface area contributed by atoms with Crippen molar-refractivity contribution in [1.82, 2.24) is 24.5 Å². The van der Waals surface area contributed by atoms with E-state index in [1.54, 1.807) is 4.68 Å². The van der Waals surface area contributed by atoms with Crippen LogP contribution in [-0.4, -0.2) is 37.8 Å². The quantitative estimate of drug-likeness (QED) is 0.705. The summed E-state index contributed by atoms with van der Waals surface area (Å²) in [5, 5.41) is 8.94. The first kappa shape index (κ1) is 17.8. The normalized spacial score (nSPS) is 15.4. The van der Waals surface area contributed by atoms with Gasteiger partial charge in [0.15, 0.2) is 11.6 Å². The maximum absolute atomic E-state index is 14.4. The Morgan fingerprint density at radius 3 is 2.63 bits per heavy atom. The van der Waals surface area contributed by atoms with Crippen molar-refractivity contribution in [2.45, 2.75) is 32.1 Å². The molecule has 3 aromatic rings. The molecule has 1 aliphatic rings. The molecule has 0 atom stereocenters. The zero-order valence-electron chi connectivity index (χ0n) is 15.3. The van der Waals surface area contributed by atoms with Crippen molar-refractivity contribution >= 4 is 0 Å². The van der Waals surface area contributed by atoms with Crippen LogP contribution in [0.4, 0.5) is 8.78 Å². The Morgan fingerprint density at radius 1 is 1.19 bits per heavy atom. The number of nitrogens with zero attached hydrogens (tertiary/aromatic N) is 5. The molecule has 0 amide bonds. The van der Waals surface area contributed by atoms with Gasteiger partial charge < -0.3 is 4.74 Å². The lowest BCUT2D eigenvalue weighted by Crippen LogP contribution is -2.15. The second-order valence-corrected chi connectivity index (χ2v) is 6.87. The lowest BCUT2D eigenvalue weighted by Gasteiger charge is -2.18. The van der Waals surface area contributed by atoms with Crippen molar-refractivity contribution in [1.29, 1.82) is 0 Å². The zero-order valence-corrected chi connectivity index (χ0v) is 15.3. The molecule has 27 heavy (non-hydrogen) atoms. The van der Waals surface area contributed by atoms with Crippen molar-refractivity contribution in [3.63, 3.8) is 0 Å². The summed E-state index contributed by atoms with van der Waals surface area (Å²) in [5.74, 6) is 0.183. The van der Waals surface area contributed by atoms with E-state index in [0.29, 0.717) is 31.3 Å². The standard InChI is InChI=1S/C19H21F2N5O/c1-12-14(11-25(2)23-12)9-18-22-19(13-5-7-27-8-6-13)24-26(18)17-4-3-15(20)10-16(17)21/h3-4,10-11,13H,5-9H2,1-2H3. The summed E-state index contributed by atoms with van der Waals surface area (Å²) in [7, 11) is 1.86. The molecule has 1 aliphatic heterocycles. The van der Waals surface area contributed by atoms with E-state index in [1.165, 1.54) is 16.8 Å². The molecule has 0 bridgehead atoms. The highest BCUT2D eigenvalue weighted by atomic mass is 19.1. The molecular weight excluding hydrogens is 352 g/mol. The van der Waals surface area contributed by atoms with Crippen LogP contribution in [0.25, 0.3) is 5.69 Å². The van der Waals surface area contributed by atoms with Gasteiger partial charge in [0.2, 0.25) is 0 Å². The molecule has 0 unspecified atom stereocenters. The van der Waals surface area contributed by atoms with Crippen LogP contribution in [0, 0.1) is 18.6 Å². The van der Waals surface area contributed by atoms with Gasteiger partial charge in [0, 0.05) is 50.4 Å². The van der Waals surface area contributed by atoms with E-state index in [0.717, 1.165) is 30.2 Å². The summed E-state index contributed by atoms with van der Waals surface area (Å²) >= 11 is 0. The van der Waals surface area contributed by atoms with Gasteiger partial charge in [-0.1, -0.05) is 0 Å². The van der Waals surface area contributed by atoms with Gasteiger partial charge in [-0.15, -0.1) is 0 Å². The fourth-order valence-corrected chi connectivity index (χ4v) is 3.44. The van der Waals surface area contributed by atoms with Crippen LogP contribution < -0.4 is 0 Å². The number of aromatic nitrogens is 5. The summed E-state index contributed by atoms with van der Waals surface area (Å²) in [6, 6.07) is 3.49. The molecule has 142 valence electrons. The van der Waals surface area contributed by atoms with Gasteiger partial charge in [-0.05, 0) is 31.9 Å². The Balaban J connectivity index is 1.77. The second-order valence-electron chi connectivity index (χ2n) is 6.87. The summed E-state index contributed by atoms with van der Waals surface area (Å²) in [6.07, 6.45) is 4.05. The zero-order chi connectivity index (χ0) is 19.0. The minimum Gasteiger partial charge on any atom is -0.381 e. The summed E-state index contributed by atoms with van der Waals surface area (Å²) < 4.78 is 36.4. The number of hydrogen-bond acceptors (Lipinski definition) is 4. The number of hydrogen-bond donors (Lipinski definition) is 0. The average Bonchev–Trinajstić information content (AvgIpc) is 3.19. The third-order valence-electron chi connectivity index (χ3n) is 4.88. The molecule has 0 N–H and O–H groups in total. The number of ether oxygens (including phenoxy) is 1. The van der Waals surface area contributed by atoms with Crippen LogP contribution >= 0.6 is 0 Å². The highest BCUT2D eigenvalue weighted by Crippen LogP contribution is 2.27. The molecule has 8 heteroatoms. The molecule has 1 aromatic carbocycles. The van der Waals surface area contributed by atoms with E-state index in [1.807, 2.05) is 20.2 Å². The van der Waals surface area contributed by atoms with Gasteiger partial charge >= 0.3 is 0 Å². The molecule has 4 rings (SSSR count). The highest BCUT2D eigenvalue weighted by Gasteiger charge is 2.24. The predicted octanol–water partition coefficient (Wildman–Crippen LogP) is 3.07. The molecule has 6 nitrogen and oxygen atoms in total. The fraction of sp³-hybridized carbons (Fsp3) is 0.421. The third kappa shape index (κ3) is 3.62. The van der Waals surface area contributed by atoms with Crippen LogP contribution in [0.2, 0.25) is 0 Å². The van der Waals surface area contributed by atoms with E-state index < -0.39 is 11.6 Å². The van der Waals surface area contributed by atoms with E-state index >= 15 is 0 Å². The number of aryl methyl sites for hydroxylation is 2. The minimum atomic E-state index is -0.664. The molecule has 0 spiro atoms. The van der Waals surface area contributed by atoms with Crippen LogP contribution in [0.1, 0.15) is 41.7 Å². The fourth-order valence-electron chi connectivity index (χ4n) is 3.44. The van der Waals surface area contributed by atoms with Crippen LogP contribution in [0.3, 0.4) is 0 Å². The first-order valence-corrected chi connectivity index (χ1v) is 8.99. The van der Waals surface area contributed by atoms with Gasteiger partial charge in [0.05, 0.1) is 5.69 Å². The van der Waals surface area contributed by atoms with Crippen molar-refractivity contribution in [3.8, 4) is 5.69 Å². The summed E-state index contributed by atoms with van der Waals surface area (Å²) in [5.41, 5.74) is 2.07. The molecule has 1 saturated heterocycles. The van der Waals surface area contributed by atoms with Crippen molar-refractivity contribution < 1.29 is 13.5 Å². The Labute approximate surface area is 155 Å². The summed E-state index contributed by atoms with van der Waals surface area (Å²) in [4.78, 5) is 4.72. The molecule has 0 saturated carbocycles. The van der Waals surface area contributed by atoms with Gasteiger partial charge in [-0.2, -0.15) is 10.2 Å². The lowest BCUT2D eigenvalue weighted by atomic mass is 10.00. The molecule has 0 aliphatic carbocycles. The maximum Gasteiger partial charge on any atom is 0.154 e. The Bertz CT molecular complexity index is 959. The average molecular weight is 373 g/mol. The molecule has 0 radical (unpaired) electrons. The van der Waals surface area contributed by atoms with E-state index in [-0.39, 0.29) is 11.6 Å². The molecule has 1 fully saturated rings. The topological polar surface area (TPSA) is 57.8 Å². The largest absolute Gasteiger partial charge is 0.381 e. The Morgan fingerprint density at radius 2 is 1.96 bits per heavy atom. The SMILES string of the molecule is Cc1nn(C)cc1Cc1nc(C2CCOCC2)nn1-c1ccc(F)cc1F. The molecular formula is C19H21F2N5O. The van der Waals surface area contributed by atoms with Gasteiger partial charge in [-0.3, -0.25) is 4.68 Å². The van der Waals surface area contributed by atoms with Gasteiger partial charge in [0.25, 0.3) is 0 Å². The number of halogens is 2. The maximum atomic E-state index is 14.4. The number of benzene rings is 1. The Hall–Kier alpha value is -2.61. The van der Waals surface area contributed by atoms with Crippen LogP contribution in [-0.2, 0) is 18.2 Å². The van der Waals surface area contributed by atoms with Crippen LogP contribution in [0.5, 0.6) is 0 Å².